The largest absolute Gasteiger partial charge is 0.415 e. The van der Waals surface area contributed by atoms with Crippen LogP contribution in [0.2, 0.25) is 18.1 Å². The third kappa shape index (κ3) is 3.62. The van der Waals surface area contributed by atoms with Crippen molar-refractivity contribution in [2.45, 2.75) is 52.1 Å². The summed E-state index contributed by atoms with van der Waals surface area (Å²) in [7, 11) is -1.69. The van der Waals surface area contributed by atoms with E-state index in [9.17, 15) is 0 Å². The summed E-state index contributed by atoms with van der Waals surface area (Å²) in [6.45, 7) is 12.3. The highest BCUT2D eigenvalue weighted by atomic mass is 28.4. The Bertz CT molecular complexity index is 358. The fraction of sp³-hybridized carbons (Fsp3) is 0.818. The molecule has 17 heavy (non-hydrogen) atoms. The molecule has 1 aromatic heterocycles. The van der Waals surface area contributed by atoms with Crippen LogP contribution in [0.3, 0.4) is 0 Å². The summed E-state index contributed by atoms with van der Waals surface area (Å²) in [4.78, 5) is 0. The first-order valence-corrected chi connectivity index (χ1v) is 8.81. The highest BCUT2D eigenvalue weighted by Gasteiger charge is 2.36. The first kappa shape index (κ1) is 14.3. The molecular formula is C11H23N3O2Si. The van der Waals surface area contributed by atoms with E-state index in [4.69, 9.17) is 9.53 Å². The number of aliphatic hydroxyl groups excluding tert-OH is 1. The zero-order chi connectivity index (χ0) is 13.1. The Kier molecular flexibility index (Phi) is 4.46. The first-order chi connectivity index (χ1) is 7.78. The van der Waals surface area contributed by atoms with Crippen molar-refractivity contribution in [1.29, 1.82) is 0 Å². The lowest BCUT2D eigenvalue weighted by molar-refractivity contribution is 0.242. The first-order valence-electron chi connectivity index (χ1n) is 5.90. The molecule has 0 radical (unpaired) electrons. The maximum atomic E-state index is 9.06. The van der Waals surface area contributed by atoms with Crippen LogP contribution in [0.1, 0.15) is 26.5 Å². The summed E-state index contributed by atoms with van der Waals surface area (Å²) in [5, 5.41) is 17.0. The van der Waals surface area contributed by atoms with Gasteiger partial charge in [-0.2, -0.15) is 0 Å². The zero-order valence-electron chi connectivity index (χ0n) is 11.4. The minimum atomic E-state index is -1.69. The molecule has 0 aliphatic rings. The summed E-state index contributed by atoms with van der Waals surface area (Å²) in [6, 6.07) is 0. The lowest BCUT2D eigenvalue weighted by Crippen LogP contribution is -2.41. The van der Waals surface area contributed by atoms with Crippen LogP contribution in [0.4, 0.5) is 0 Å². The molecule has 0 fully saturated rings. The van der Waals surface area contributed by atoms with E-state index in [0.29, 0.717) is 13.2 Å². The van der Waals surface area contributed by atoms with Gasteiger partial charge in [-0.3, -0.25) is 0 Å². The molecule has 0 saturated carbocycles. The molecule has 6 heteroatoms. The van der Waals surface area contributed by atoms with Crippen LogP contribution in [-0.4, -0.2) is 35.0 Å². The Labute approximate surface area is 104 Å². The summed E-state index contributed by atoms with van der Waals surface area (Å²) in [6.07, 6.45) is 1.58. The number of aromatic nitrogens is 3. The smallest absolute Gasteiger partial charge is 0.192 e. The Morgan fingerprint density at radius 3 is 2.59 bits per heavy atom. The number of rotatable bonds is 5. The van der Waals surface area contributed by atoms with Gasteiger partial charge in [0.2, 0.25) is 0 Å². The van der Waals surface area contributed by atoms with Gasteiger partial charge in [0, 0.05) is 0 Å². The van der Waals surface area contributed by atoms with Crippen LogP contribution in [0.5, 0.6) is 0 Å². The molecule has 0 spiro atoms. The predicted octanol–water partition coefficient (Wildman–Crippen LogP) is 1.79. The van der Waals surface area contributed by atoms with Gasteiger partial charge in [0.25, 0.3) is 0 Å². The summed E-state index contributed by atoms with van der Waals surface area (Å²) < 4.78 is 7.72. The lowest BCUT2D eigenvalue weighted by Gasteiger charge is -2.36. The second kappa shape index (κ2) is 5.28. The number of hydrogen-bond acceptors (Lipinski definition) is 4. The maximum Gasteiger partial charge on any atom is 0.192 e. The topological polar surface area (TPSA) is 60.2 Å². The number of nitrogens with zero attached hydrogens (tertiary/aromatic N) is 3. The third-order valence-corrected chi connectivity index (χ3v) is 7.97. The van der Waals surface area contributed by atoms with E-state index in [1.54, 1.807) is 10.9 Å². The number of aliphatic hydroxyl groups is 1. The maximum absolute atomic E-state index is 9.06. The number of hydrogen-bond donors (Lipinski definition) is 1. The normalized spacial score (nSPS) is 13.1. The fourth-order valence-corrected chi connectivity index (χ4v) is 2.23. The fourth-order valence-electron chi connectivity index (χ4n) is 1.19. The highest BCUT2D eigenvalue weighted by Crippen LogP contribution is 2.36. The second-order valence-corrected chi connectivity index (χ2v) is 10.5. The average Bonchev–Trinajstić information content (AvgIpc) is 2.63. The second-order valence-electron chi connectivity index (χ2n) is 5.72. The molecule has 5 nitrogen and oxygen atoms in total. The van der Waals surface area contributed by atoms with Crippen LogP contribution < -0.4 is 0 Å². The van der Waals surface area contributed by atoms with E-state index >= 15 is 0 Å². The molecule has 1 rings (SSSR count). The van der Waals surface area contributed by atoms with E-state index < -0.39 is 8.32 Å². The van der Waals surface area contributed by atoms with E-state index in [0.717, 1.165) is 5.69 Å². The zero-order valence-corrected chi connectivity index (χ0v) is 12.4. The molecule has 0 aromatic carbocycles. The Balaban J connectivity index is 2.48. The van der Waals surface area contributed by atoms with E-state index in [1.165, 1.54) is 0 Å². The lowest BCUT2D eigenvalue weighted by atomic mass is 10.2. The van der Waals surface area contributed by atoms with Crippen molar-refractivity contribution < 1.29 is 9.53 Å². The highest BCUT2D eigenvalue weighted by molar-refractivity contribution is 6.74. The van der Waals surface area contributed by atoms with Crippen molar-refractivity contribution in [2.24, 2.45) is 0 Å². The van der Waals surface area contributed by atoms with Gasteiger partial charge in [-0.25, -0.2) is 4.68 Å². The molecule has 0 atom stereocenters. The molecule has 98 valence electrons. The van der Waals surface area contributed by atoms with Crippen molar-refractivity contribution in [3.8, 4) is 0 Å². The molecule has 0 bridgehead atoms. The molecule has 1 aromatic rings. The molecule has 1 heterocycles. The van der Waals surface area contributed by atoms with Gasteiger partial charge >= 0.3 is 0 Å². The van der Waals surface area contributed by atoms with Crippen molar-refractivity contribution in [3.63, 3.8) is 0 Å². The van der Waals surface area contributed by atoms with Crippen molar-refractivity contribution in [3.05, 3.63) is 11.9 Å². The van der Waals surface area contributed by atoms with E-state index in [1.807, 2.05) is 0 Å². The monoisotopic (exact) mass is 257 g/mol. The van der Waals surface area contributed by atoms with Gasteiger partial charge < -0.3 is 9.53 Å². The molecule has 0 aliphatic heterocycles. The van der Waals surface area contributed by atoms with Gasteiger partial charge in [0.05, 0.1) is 31.6 Å². The van der Waals surface area contributed by atoms with Crippen LogP contribution in [0.25, 0.3) is 0 Å². The van der Waals surface area contributed by atoms with Crippen LogP contribution >= 0.6 is 0 Å². The van der Waals surface area contributed by atoms with E-state index in [-0.39, 0.29) is 11.6 Å². The van der Waals surface area contributed by atoms with Gasteiger partial charge in [-0.05, 0) is 18.1 Å². The molecule has 0 aliphatic carbocycles. The average molecular weight is 257 g/mol. The summed E-state index contributed by atoms with van der Waals surface area (Å²) in [5.41, 5.74) is 0.726. The van der Waals surface area contributed by atoms with Crippen LogP contribution in [0.15, 0.2) is 6.20 Å². The molecule has 0 amide bonds. The van der Waals surface area contributed by atoms with Gasteiger partial charge in [-0.1, -0.05) is 26.0 Å². The Morgan fingerprint density at radius 1 is 1.41 bits per heavy atom. The minimum absolute atomic E-state index is 0.0346. The molecule has 0 unspecified atom stereocenters. The molecular weight excluding hydrogens is 234 g/mol. The molecule has 1 N–H and O–H groups in total. The van der Waals surface area contributed by atoms with Gasteiger partial charge in [0.15, 0.2) is 8.32 Å². The quantitative estimate of drug-likeness (QED) is 0.817. The SMILES string of the molecule is CC(C)(C)[Si](C)(C)OCCn1nncc1CO. The summed E-state index contributed by atoms with van der Waals surface area (Å²) >= 11 is 0. The summed E-state index contributed by atoms with van der Waals surface area (Å²) in [5.74, 6) is 0. The van der Waals surface area contributed by atoms with Crippen molar-refractivity contribution in [2.75, 3.05) is 6.61 Å². The van der Waals surface area contributed by atoms with Gasteiger partial charge in [-0.15, -0.1) is 5.10 Å². The van der Waals surface area contributed by atoms with Crippen molar-refractivity contribution >= 4 is 8.32 Å². The third-order valence-electron chi connectivity index (χ3n) is 3.43. The van der Waals surface area contributed by atoms with Crippen LogP contribution in [0, 0.1) is 0 Å². The van der Waals surface area contributed by atoms with Crippen molar-refractivity contribution in [1.82, 2.24) is 15.0 Å². The predicted molar refractivity (Wildman–Crippen MR) is 69.1 cm³/mol. The minimum Gasteiger partial charge on any atom is -0.415 e. The standard InChI is InChI=1S/C11H23N3O2Si/c1-11(2,3)17(4,5)16-7-6-14-10(9-15)8-12-13-14/h8,15H,6-7,9H2,1-5H3. The van der Waals surface area contributed by atoms with Crippen LogP contribution in [-0.2, 0) is 17.6 Å². The Hall–Kier alpha value is -0.723. The molecule has 0 saturated heterocycles. The van der Waals surface area contributed by atoms with Gasteiger partial charge in [0.1, 0.15) is 0 Å². The Morgan fingerprint density at radius 2 is 2.06 bits per heavy atom. The van der Waals surface area contributed by atoms with E-state index in [2.05, 4.69) is 44.2 Å².